The van der Waals surface area contributed by atoms with E-state index in [0.717, 1.165) is 36.5 Å². The fraction of sp³-hybridized carbons (Fsp3) is 0.294. The summed E-state index contributed by atoms with van der Waals surface area (Å²) in [5.74, 6) is 1.29. The molecule has 1 aromatic carbocycles. The zero-order chi connectivity index (χ0) is 16.5. The van der Waals surface area contributed by atoms with Crippen LogP contribution < -0.4 is 0 Å². The maximum absolute atomic E-state index is 12.4. The first-order valence-corrected chi connectivity index (χ1v) is 8.69. The summed E-state index contributed by atoms with van der Waals surface area (Å²) in [6.07, 6.45) is 0. The van der Waals surface area contributed by atoms with Crippen molar-refractivity contribution in [2.45, 2.75) is 6.54 Å². The zero-order valence-electron chi connectivity index (χ0n) is 13.0. The van der Waals surface area contributed by atoms with E-state index >= 15 is 0 Å². The highest BCUT2D eigenvalue weighted by Crippen LogP contribution is 2.17. The van der Waals surface area contributed by atoms with Gasteiger partial charge in [-0.3, -0.25) is 9.69 Å². The van der Waals surface area contributed by atoms with Crippen LogP contribution in [0.5, 0.6) is 0 Å². The van der Waals surface area contributed by atoms with Crippen LogP contribution >= 0.6 is 15.9 Å². The Morgan fingerprint density at radius 1 is 1.17 bits per heavy atom. The van der Waals surface area contributed by atoms with Crippen molar-refractivity contribution in [1.29, 1.82) is 0 Å². The van der Waals surface area contributed by atoms with E-state index in [1.54, 1.807) is 12.1 Å². The lowest BCUT2D eigenvalue weighted by Gasteiger charge is -2.33. The molecule has 1 aliphatic rings. The van der Waals surface area contributed by atoms with E-state index in [4.69, 9.17) is 4.42 Å². The second-order valence-electron chi connectivity index (χ2n) is 5.87. The Morgan fingerprint density at radius 3 is 2.67 bits per heavy atom. The molecule has 0 radical (unpaired) electrons. The largest absolute Gasteiger partial charge is 0.444 e. The number of hydrogen-bond donors (Lipinski definition) is 1. The molecule has 0 saturated carbocycles. The van der Waals surface area contributed by atoms with Gasteiger partial charge in [0.1, 0.15) is 5.82 Å². The standard InChI is InChI=1S/C17H17BrN4O2/c18-15-6-5-14(24-15)17(23)22-9-7-21(8-10-22)11-16-19-12-3-1-2-4-13(12)20-16/h1-6H,7-11H2,(H,19,20). The third kappa shape index (κ3) is 3.09. The maximum Gasteiger partial charge on any atom is 0.289 e. The first kappa shape index (κ1) is 15.4. The van der Waals surface area contributed by atoms with E-state index in [1.165, 1.54) is 0 Å². The lowest BCUT2D eigenvalue weighted by molar-refractivity contribution is 0.0594. The fourth-order valence-corrected chi connectivity index (χ4v) is 3.29. The van der Waals surface area contributed by atoms with E-state index in [9.17, 15) is 4.79 Å². The van der Waals surface area contributed by atoms with Crippen LogP contribution in [0.3, 0.4) is 0 Å². The fourth-order valence-electron chi connectivity index (χ4n) is 2.99. The molecule has 1 saturated heterocycles. The van der Waals surface area contributed by atoms with Gasteiger partial charge in [0.25, 0.3) is 5.91 Å². The number of aromatic nitrogens is 2. The van der Waals surface area contributed by atoms with Crippen LogP contribution in [0.4, 0.5) is 0 Å². The quantitative estimate of drug-likeness (QED) is 0.748. The van der Waals surface area contributed by atoms with Crippen molar-refractivity contribution in [2.75, 3.05) is 26.2 Å². The van der Waals surface area contributed by atoms with Crippen molar-refractivity contribution in [3.05, 3.63) is 52.7 Å². The van der Waals surface area contributed by atoms with Crippen molar-refractivity contribution in [3.8, 4) is 0 Å². The Labute approximate surface area is 147 Å². The molecule has 1 fully saturated rings. The van der Waals surface area contributed by atoms with Crippen LogP contribution in [-0.4, -0.2) is 51.9 Å². The van der Waals surface area contributed by atoms with Gasteiger partial charge in [0, 0.05) is 26.2 Å². The summed E-state index contributed by atoms with van der Waals surface area (Å²) in [4.78, 5) is 24.5. The highest BCUT2D eigenvalue weighted by molar-refractivity contribution is 9.10. The first-order chi connectivity index (χ1) is 11.7. The van der Waals surface area contributed by atoms with Crippen molar-refractivity contribution in [1.82, 2.24) is 19.8 Å². The molecule has 1 amide bonds. The molecule has 24 heavy (non-hydrogen) atoms. The van der Waals surface area contributed by atoms with E-state index in [1.807, 2.05) is 29.2 Å². The Balaban J connectivity index is 1.36. The van der Waals surface area contributed by atoms with Gasteiger partial charge in [-0.15, -0.1) is 0 Å². The summed E-state index contributed by atoms with van der Waals surface area (Å²) in [5.41, 5.74) is 2.05. The minimum absolute atomic E-state index is 0.0518. The molecule has 0 aliphatic carbocycles. The van der Waals surface area contributed by atoms with Crippen LogP contribution in [-0.2, 0) is 6.54 Å². The zero-order valence-corrected chi connectivity index (χ0v) is 14.6. The molecule has 1 N–H and O–H groups in total. The van der Waals surface area contributed by atoms with Gasteiger partial charge >= 0.3 is 0 Å². The van der Waals surface area contributed by atoms with Crippen LogP contribution in [0.25, 0.3) is 11.0 Å². The predicted molar refractivity (Wildman–Crippen MR) is 93.7 cm³/mol. The molecule has 7 heteroatoms. The highest BCUT2D eigenvalue weighted by atomic mass is 79.9. The van der Waals surface area contributed by atoms with Crippen LogP contribution in [0.1, 0.15) is 16.4 Å². The monoisotopic (exact) mass is 388 g/mol. The third-order valence-electron chi connectivity index (χ3n) is 4.26. The number of H-pyrrole nitrogens is 1. The second kappa shape index (κ2) is 6.41. The van der Waals surface area contributed by atoms with Gasteiger partial charge in [0.05, 0.1) is 17.6 Å². The molecule has 3 heterocycles. The summed E-state index contributed by atoms with van der Waals surface area (Å²) in [6, 6.07) is 11.5. The summed E-state index contributed by atoms with van der Waals surface area (Å²) < 4.78 is 5.93. The number of amides is 1. The Kier molecular flexibility index (Phi) is 4.12. The van der Waals surface area contributed by atoms with Gasteiger partial charge in [0.2, 0.25) is 0 Å². The second-order valence-corrected chi connectivity index (χ2v) is 6.65. The van der Waals surface area contributed by atoms with Crippen molar-refractivity contribution in [3.63, 3.8) is 0 Å². The summed E-state index contributed by atoms with van der Waals surface area (Å²) in [6.45, 7) is 3.80. The number of nitrogens with one attached hydrogen (secondary N) is 1. The number of halogens is 1. The molecule has 0 atom stereocenters. The topological polar surface area (TPSA) is 65.4 Å². The number of hydrogen-bond acceptors (Lipinski definition) is 4. The molecule has 0 bridgehead atoms. The van der Waals surface area contributed by atoms with Crippen molar-refractivity contribution < 1.29 is 9.21 Å². The van der Waals surface area contributed by atoms with Gasteiger partial charge in [-0.1, -0.05) is 12.1 Å². The number of fused-ring (bicyclic) bond motifs is 1. The molecule has 0 spiro atoms. The lowest BCUT2D eigenvalue weighted by Crippen LogP contribution is -2.48. The SMILES string of the molecule is O=C(c1ccc(Br)o1)N1CCN(Cc2nc3ccccc3[nH]2)CC1. The molecule has 1 aliphatic heterocycles. The molecule has 6 nitrogen and oxygen atoms in total. The average molecular weight is 389 g/mol. The van der Waals surface area contributed by atoms with E-state index in [-0.39, 0.29) is 5.91 Å². The van der Waals surface area contributed by atoms with E-state index in [0.29, 0.717) is 23.5 Å². The number of furan rings is 1. The molecular weight excluding hydrogens is 372 g/mol. The van der Waals surface area contributed by atoms with Gasteiger partial charge in [-0.05, 0) is 40.2 Å². The van der Waals surface area contributed by atoms with Crippen molar-refractivity contribution in [2.24, 2.45) is 0 Å². The number of benzene rings is 1. The van der Waals surface area contributed by atoms with E-state index in [2.05, 4.69) is 30.8 Å². The Hall–Kier alpha value is -2.12. The van der Waals surface area contributed by atoms with E-state index < -0.39 is 0 Å². The molecule has 3 aromatic rings. The van der Waals surface area contributed by atoms with Crippen LogP contribution in [0, 0.1) is 0 Å². The van der Waals surface area contributed by atoms with Gasteiger partial charge in [0.15, 0.2) is 10.4 Å². The molecular formula is C17H17BrN4O2. The predicted octanol–water partition coefficient (Wildman–Crippen LogP) is 2.88. The first-order valence-electron chi connectivity index (χ1n) is 7.89. The lowest BCUT2D eigenvalue weighted by atomic mass is 10.3. The number of nitrogens with zero attached hydrogens (tertiary/aromatic N) is 3. The Bertz CT molecular complexity index is 831. The molecule has 0 unspecified atom stereocenters. The third-order valence-corrected chi connectivity index (χ3v) is 4.68. The number of carbonyl (C=O) groups excluding carboxylic acids is 1. The number of piperazine rings is 1. The number of aromatic amines is 1. The summed E-state index contributed by atoms with van der Waals surface area (Å²) in [7, 11) is 0. The molecule has 4 rings (SSSR count). The number of imidazole rings is 1. The van der Waals surface area contributed by atoms with Crippen molar-refractivity contribution >= 4 is 32.9 Å². The minimum atomic E-state index is -0.0518. The number of rotatable bonds is 3. The summed E-state index contributed by atoms with van der Waals surface area (Å²) >= 11 is 3.23. The highest BCUT2D eigenvalue weighted by Gasteiger charge is 2.24. The number of carbonyl (C=O) groups is 1. The van der Waals surface area contributed by atoms with Gasteiger partial charge in [-0.25, -0.2) is 4.98 Å². The molecule has 124 valence electrons. The van der Waals surface area contributed by atoms with Crippen LogP contribution in [0.2, 0.25) is 0 Å². The van der Waals surface area contributed by atoms with Gasteiger partial charge < -0.3 is 14.3 Å². The normalized spacial score (nSPS) is 16.0. The molecule has 2 aromatic heterocycles. The number of para-hydroxylation sites is 2. The smallest absolute Gasteiger partial charge is 0.289 e. The minimum Gasteiger partial charge on any atom is -0.444 e. The Morgan fingerprint density at radius 2 is 1.96 bits per heavy atom. The summed E-state index contributed by atoms with van der Waals surface area (Å²) in [5, 5.41) is 0. The van der Waals surface area contributed by atoms with Gasteiger partial charge in [-0.2, -0.15) is 0 Å². The average Bonchev–Trinajstić information content (AvgIpc) is 3.20. The maximum atomic E-state index is 12.4. The van der Waals surface area contributed by atoms with Crippen LogP contribution in [0.15, 0.2) is 45.5 Å².